The van der Waals surface area contributed by atoms with E-state index in [-0.39, 0.29) is 0 Å². The summed E-state index contributed by atoms with van der Waals surface area (Å²) in [4.78, 5) is 15.9. The molecular formula is C12H14N4O2. The van der Waals surface area contributed by atoms with Crippen molar-refractivity contribution in [3.8, 4) is 0 Å². The first kappa shape index (κ1) is 12.1. The molecule has 0 amide bonds. The van der Waals surface area contributed by atoms with E-state index in [0.29, 0.717) is 23.8 Å². The van der Waals surface area contributed by atoms with Crippen molar-refractivity contribution in [3.05, 3.63) is 36.2 Å². The molecule has 18 heavy (non-hydrogen) atoms. The summed E-state index contributed by atoms with van der Waals surface area (Å²) in [5, 5.41) is 7.09. The largest absolute Gasteiger partial charge is 0.462 e. The van der Waals surface area contributed by atoms with Gasteiger partial charge in [-0.2, -0.15) is 5.10 Å². The number of anilines is 2. The van der Waals surface area contributed by atoms with Gasteiger partial charge in [0.25, 0.3) is 0 Å². The summed E-state index contributed by atoms with van der Waals surface area (Å²) >= 11 is 0. The number of ether oxygens (including phenoxy) is 1. The maximum atomic E-state index is 11.7. The van der Waals surface area contributed by atoms with Crippen molar-refractivity contribution < 1.29 is 9.53 Å². The lowest BCUT2D eigenvalue weighted by Crippen LogP contribution is -2.08. The van der Waals surface area contributed by atoms with E-state index < -0.39 is 5.97 Å². The van der Waals surface area contributed by atoms with Crippen LogP contribution in [0.15, 0.2) is 30.6 Å². The summed E-state index contributed by atoms with van der Waals surface area (Å²) in [6, 6.07) is 5.48. The van der Waals surface area contributed by atoms with E-state index >= 15 is 0 Å². The summed E-state index contributed by atoms with van der Waals surface area (Å²) in [7, 11) is 1.74. The van der Waals surface area contributed by atoms with Crippen molar-refractivity contribution in [2.75, 3.05) is 11.9 Å². The summed E-state index contributed by atoms with van der Waals surface area (Å²) in [5.41, 5.74) is 0.394. The Morgan fingerprint density at radius 2 is 2.33 bits per heavy atom. The van der Waals surface area contributed by atoms with Crippen molar-refractivity contribution in [2.24, 2.45) is 7.05 Å². The Bertz CT molecular complexity index is 536. The first-order chi connectivity index (χ1) is 8.72. The Kier molecular flexibility index (Phi) is 3.57. The second-order valence-electron chi connectivity index (χ2n) is 3.59. The monoisotopic (exact) mass is 246 g/mol. The number of nitrogens with one attached hydrogen (secondary N) is 1. The average Bonchev–Trinajstić information content (AvgIpc) is 2.73. The molecule has 2 heterocycles. The van der Waals surface area contributed by atoms with Crippen LogP contribution >= 0.6 is 0 Å². The number of carbonyl (C=O) groups excluding carboxylic acids is 1. The molecule has 0 unspecified atom stereocenters. The maximum absolute atomic E-state index is 11.7. The van der Waals surface area contributed by atoms with Gasteiger partial charge >= 0.3 is 5.97 Å². The minimum atomic E-state index is -0.399. The zero-order valence-corrected chi connectivity index (χ0v) is 10.3. The van der Waals surface area contributed by atoms with Crippen LogP contribution in [0.5, 0.6) is 0 Å². The quantitative estimate of drug-likeness (QED) is 0.832. The minimum Gasteiger partial charge on any atom is -0.462 e. The number of pyridine rings is 1. The number of rotatable bonds is 4. The SMILES string of the molecule is CCOC(=O)c1cnn(C)c1Nc1ccccn1. The molecule has 0 aromatic carbocycles. The van der Waals surface area contributed by atoms with Crippen molar-refractivity contribution in [3.63, 3.8) is 0 Å². The van der Waals surface area contributed by atoms with Gasteiger partial charge in [0.2, 0.25) is 0 Å². The average molecular weight is 246 g/mol. The van der Waals surface area contributed by atoms with Crippen molar-refractivity contribution in [1.82, 2.24) is 14.8 Å². The van der Waals surface area contributed by atoms with E-state index in [1.165, 1.54) is 6.20 Å². The lowest BCUT2D eigenvalue weighted by Gasteiger charge is -2.08. The standard InChI is InChI=1S/C12H14N4O2/c1-3-18-12(17)9-8-14-16(2)11(9)15-10-6-4-5-7-13-10/h4-8H,3H2,1-2H3,(H,13,15). The Morgan fingerprint density at radius 3 is 3.00 bits per heavy atom. The van der Waals surface area contributed by atoms with Gasteiger partial charge in [0.15, 0.2) is 0 Å². The second kappa shape index (κ2) is 5.31. The molecule has 0 aliphatic rings. The molecule has 0 fully saturated rings. The fraction of sp³-hybridized carbons (Fsp3) is 0.250. The van der Waals surface area contributed by atoms with Crippen LogP contribution in [0, 0.1) is 0 Å². The van der Waals surface area contributed by atoms with Crippen LogP contribution in [0.1, 0.15) is 17.3 Å². The van der Waals surface area contributed by atoms with Gasteiger partial charge in [-0.3, -0.25) is 4.68 Å². The topological polar surface area (TPSA) is 69.0 Å². The Hall–Kier alpha value is -2.37. The highest BCUT2D eigenvalue weighted by atomic mass is 16.5. The van der Waals surface area contributed by atoms with Gasteiger partial charge in [-0.25, -0.2) is 9.78 Å². The highest BCUT2D eigenvalue weighted by Gasteiger charge is 2.17. The summed E-state index contributed by atoms with van der Waals surface area (Å²) in [6.07, 6.45) is 3.14. The Balaban J connectivity index is 2.27. The van der Waals surface area contributed by atoms with Crippen LogP contribution in [0.4, 0.5) is 11.6 Å². The molecule has 0 spiro atoms. The van der Waals surface area contributed by atoms with Crippen molar-refractivity contribution >= 4 is 17.6 Å². The highest BCUT2D eigenvalue weighted by Crippen LogP contribution is 2.19. The molecule has 2 aromatic rings. The minimum absolute atomic E-state index is 0.330. The van der Waals surface area contributed by atoms with Gasteiger partial charge in [-0.1, -0.05) is 6.07 Å². The number of hydrogen-bond donors (Lipinski definition) is 1. The number of aromatic nitrogens is 3. The molecule has 2 aromatic heterocycles. The van der Waals surface area contributed by atoms with Gasteiger partial charge in [-0.15, -0.1) is 0 Å². The highest BCUT2D eigenvalue weighted by molar-refractivity contribution is 5.95. The van der Waals surface area contributed by atoms with Crippen LogP contribution in [0.25, 0.3) is 0 Å². The second-order valence-corrected chi connectivity index (χ2v) is 3.59. The van der Waals surface area contributed by atoms with Gasteiger partial charge in [-0.05, 0) is 19.1 Å². The van der Waals surface area contributed by atoms with Crippen LogP contribution in [0.3, 0.4) is 0 Å². The smallest absolute Gasteiger partial charge is 0.343 e. The fourth-order valence-electron chi connectivity index (χ4n) is 1.50. The third kappa shape index (κ3) is 2.48. The van der Waals surface area contributed by atoms with Crippen LogP contribution in [0.2, 0.25) is 0 Å². The lowest BCUT2D eigenvalue weighted by atomic mass is 10.3. The molecule has 0 saturated carbocycles. The molecule has 0 atom stereocenters. The van der Waals surface area contributed by atoms with Gasteiger partial charge in [0, 0.05) is 13.2 Å². The molecule has 94 valence electrons. The van der Waals surface area contributed by atoms with E-state index in [1.54, 1.807) is 24.9 Å². The number of carbonyl (C=O) groups is 1. The summed E-state index contributed by atoms with van der Waals surface area (Å²) < 4.78 is 6.54. The first-order valence-corrected chi connectivity index (χ1v) is 5.59. The molecule has 1 N–H and O–H groups in total. The Morgan fingerprint density at radius 1 is 1.50 bits per heavy atom. The molecule has 0 radical (unpaired) electrons. The lowest BCUT2D eigenvalue weighted by molar-refractivity contribution is 0.0527. The molecule has 0 aliphatic heterocycles. The fourth-order valence-corrected chi connectivity index (χ4v) is 1.50. The van der Waals surface area contributed by atoms with Gasteiger partial charge < -0.3 is 10.1 Å². The molecular weight excluding hydrogens is 232 g/mol. The van der Waals surface area contributed by atoms with E-state index in [9.17, 15) is 4.79 Å². The van der Waals surface area contributed by atoms with Gasteiger partial charge in [0.1, 0.15) is 17.2 Å². The number of aryl methyl sites for hydroxylation is 1. The number of hydrogen-bond acceptors (Lipinski definition) is 5. The van der Waals surface area contributed by atoms with E-state index in [4.69, 9.17) is 4.74 Å². The first-order valence-electron chi connectivity index (χ1n) is 5.59. The number of esters is 1. The van der Waals surface area contributed by atoms with Crippen molar-refractivity contribution in [1.29, 1.82) is 0 Å². The van der Waals surface area contributed by atoms with E-state index in [0.717, 1.165) is 0 Å². The molecule has 0 saturated heterocycles. The predicted molar refractivity (Wildman–Crippen MR) is 66.7 cm³/mol. The number of nitrogens with zero attached hydrogens (tertiary/aromatic N) is 3. The van der Waals surface area contributed by atoms with Crippen molar-refractivity contribution in [2.45, 2.75) is 6.92 Å². The third-order valence-electron chi connectivity index (χ3n) is 2.35. The Labute approximate surface area is 105 Å². The zero-order valence-electron chi connectivity index (χ0n) is 10.3. The molecule has 6 heteroatoms. The summed E-state index contributed by atoms with van der Waals surface area (Å²) in [6.45, 7) is 2.09. The van der Waals surface area contributed by atoms with E-state index in [1.807, 2.05) is 18.2 Å². The normalized spacial score (nSPS) is 10.1. The molecule has 0 bridgehead atoms. The molecule has 0 aliphatic carbocycles. The zero-order chi connectivity index (χ0) is 13.0. The summed E-state index contributed by atoms with van der Waals surface area (Å²) in [5.74, 6) is 0.808. The van der Waals surface area contributed by atoms with Gasteiger partial charge in [0.05, 0.1) is 12.8 Å². The molecule has 2 rings (SSSR count). The van der Waals surface area contributed by atoms with Crippen LogP contribution in [-0.4, -0.2) is 27.3 Å². The van der Waals surface area contributed by atoms with Crippen LogP contribution < -0.4 is 5.32 Å². The van der Waals surface area contributed by atoms with E-state index in [2.05, 4.69) is 15.4 Å². The maximum Gasteiger partial charge on any atom is 0.343 e. The van der Waals surface area contributed by atoms with Crippen LogP contribution in [-0.2, 0) is 11.8 Å². The predicted octanol–water partition coefficient (Wildman–Crippen LogP) is 1.74. The molecule has 6 nitrogen and oxygen atoms in total. The third-order valence-corrected chi connectivity index (χ3v) is 2.35.